The van der Waals surface area contributed by atoms with E-state index in [1.165, 1.54) is 18.2 Å². The number of hydrogen-bond acceptors (Lipinski definition) is 2. The fourth-order valence-electron chi connectivity index (χ4n) is 2.94. The lowest BCUT2D eigenvalue weighted by Crippen LogP contribution is -2.54. The van der Waals surface area contributed by atoms with Crippen molar-refractivity contribution in [3.63, 3.8) is 0 Å². The summed E-state index contributed by atoms with van der Waals surface area (Å²) in [5.41, 5.74) is 1.52. The van der Waals surface area contributed by atoms with Crippen molar-refractivity contribution >= 4 is 23.6 Å². The molecule has 0 aromatic heterocycles. The molecule has 2 aromatic rings. The maximum atomic E-state index is 13.8. The van der Waals surface area contributed by atoms with E-state index < -0.39 is 5.97 Å². The van der Waals surface area contributed by atoms with Crippen molar-refractivity contribution in [2.75, 3.05) is 13.1 Å². The first kappa shape index (κ1) is 18.2. The van der Waals surface area contributed by atoms with Crippen LogP contribution >= 0.6 is 11.6 Å². The number of carboxylic acid groups (broad SMARTS) is 1. The summed E-state index contributed by atoms with van der Waals surface area (Å²) in [5.74, 6) is -1.11. The van der Waals surface area contributed by atoms with Crippen molar-refractivity contribution in [3.8, 4) is 0 Å². The summed E-state index contributed by atoms with van der Waals surface area (Å²) >= 11 is 6.03. The molecule has 0 saturated carbocycles. The van der Waals surface area contributed by atoms with Crippen molar-refractivity contribution in [2.24, 2.45) is 5.92 Å². The second-order valence-corrected chi connectivity index (χ2v) is 6.74. The summed E-state index contributed by atoms with van der Waals surface area (Å²) in [6.07, 6.45) is 0.506. The first-order valence-electron chi connectivity index (χ1n) is 8.22. The molecule has 0 aliphatic carbocycles. The van der Waals surface area contributed by atoms with Crippen molar-refractivity contribution in [2.45, 2.75) is 13.0 Å². The summed E-state index contributed by atoms with van der Waals surface area (Å²) in [6, 6.07) is 10.8. The van der Waals surface area contributed by atoms with Crippen LogP contribution in [0.3, 0.4) is 0 Å². The summed E-state index contributed by atoms with van der Waals surface area (Å²) in [6.45, 7) is 1.42. The number of nitrogens with zero attached hydrogens (tertiary/aromatic N) is 1. The van der Waals surface area contributed by atoms with Crippen LogP contribution in [0.2, 0.25) is 5.02 Å². The normalized spacial score (nSPS) is 14.0. The van der Waals surface area contributed by atoms with Crippen LogP contribution in [0.1, 0.15) is 21.5 Å². The van der Waals surface area contributed by atoms with Gasteiger partial charge in [0, 0.05) is 30.2 Å². The molecule has 26 heavy (non-hydrogen) atoms. The fraction of sp³-hybridized carbons (Fsp3) is 0.263. The van der Waals surface area contributed by atoms with Gasteiger partial charge in [0.2, 0.25) is 0 Å². The van der Waals surface area contributed by atoms with Crippen LogP contribution < -0.4 is 5.32 Å². The number of rotatable bonds is 5. The monoisotopic (exact) mass is 376 g/mol. The lowest BCUT2D eigenvalue weighted by atomic mass is 9.92. The Labute approximate surface area is 155 Å². The van der Waals surface area contributed by atoms with Gasteiger partial charge in [-0.05, 0) is 42.2 Å². The van der Waals surface area contributed by atoms with Gasteiger partial charge in [-0.2, -0.15) is 0 Å². The van der Waals surface area contributed by atoms with Gasteiger partial charge >= 0.3 is 12.0 Å². The molecule has 5 nitrogen and oxygen atoms in total. The van der Waals surface area contributed by atoms with E-state index in [0.29, 0.717) is 36.6 Å². The summed E-state index contributed by atoms with van der Waals surface area (Å²) in [5, 5.41) is 12.1. The Hall–Kier alpha value is -2.60. The van der Waals surface area contributed by atoms with Gasteiger partial charge in [0.25, 0.3) is 0 Å². The molecule has 3 rings (SSSR count). The van der Waals surface area contributed by atoms with Crippen LogP contribution in [0.25, 0.3) is 0 Å². The van der Waals surface area contributed by atoms with Crippen LogP contribution in [-0.4, -0.2) is 35.1 Å². The Bertz CT molecular complexity index is 800. The molecule has 2 N–H and O–H groups in total. The first-order valence-corrected chi connectivity index (χ1v) is 8.59. The van der Waals surface area contributed by atoms with Gasteiger partial charge in [-0.1, -0.05) is 29.8 Å². The van der Waals surface area contributed by atoms with E-state index in [-0.39, 0.29) is 23.3 Å². The Morgan fingerprint density at radius 1 is 1.19 bits per heavy atom. The number of hydrogen-bond donors (Lipinski definition) is 2. The summed E-state index contributed by atoms with van der Waals surface area (Å²) in [7, 11) is 0. The number of carboxylic acids is 1. The molecule has 2 amide bonds. The van der Waals surface area contributed by atoms with E-state index in [1.54, 1.807) is 29.2 Å². The average Bonchev–Trinajstić information content (AvgIpc) is 2.58. The molecule has 1 saturated heterocycles. The van der Waals surface area contributed by atoms with E-state index in [0.717, 1.165) is 5.56 Å². The van der Waals surface area contributed by atoms with Gasteiger partial charge in [-0.3, -0.25) is 0 Å². The Morgan fingerprint density at radius 2 is 1.88 bits per heavy atom. The number of carbonyl (C=O) groups is 2. The van der Waals surface area contributed by atoms with E-state index in [1.807, 2.05) is 0 Å². The van der Waals surface area contributed by atoms with Gasteiger partial charge in [-0.25, -0.2) is 14.0 Å². The topological polar surface area (TPSA) is 69.6 Å². The maximum Gasteiger partial charge on any atom is 0.335 e. The van der Waals surface area contributed by atoms with Crippen molar-refractivity contribution in [1.82, 2.24) is 10.2 Å². The second-order valence-electron chi connectivity index (χ2n) is 6.34. The lowest BCUT2D eigenvalue weighted by Gasteiger charge is -2.39. The predicted octanol–water partition coefficient (Wildman–Crippen LogP) is 3.56. The minimum atomic E-state index is -0.984. The van der Waals surface area contributed by atoms with Gasteiger partial charge in [0.1, 0.15) is 5.82 Å². The van der Waals surface area contributed by atoms with E-state index in [4.69, 9.17) is 16.7 Å². The number of aromatic carboxylic acids is 1. The molecule has 1 aliphatic heterocycles. The molecule has 1 fully saturated rings. The minimum absolute atomic E-state index is 0.185. The number of nitrogens with one attached hydrogen (secondary N) is 1. The highest BCUT2D eigenvalue weighted by Crippen LogP contribution is 2.26. The predicted molar refractivity (Wildman–Crippen MR) is 95.8 cm³/mol. The van der Waals surface area contributed by atoms with Gasteiger partial charge < -0.3 is 15.3 Å². The quantitative estimate of drug-likeness (QED) is 0.838. The smallest absolute Gasteiger partial charge is 0.335 e. The zero-order valence-corrected chi connectivity index (χ0v) is 14.7. The van der Waals surface area contributed by atoms with Crippen LogP contribution in [-0.2, 0) is 13.0 Å². The zero-order chi connectivity index (χ0) is 18.7. The van der Waals surface area contributed by atoms with Crippen LogP contribution in [0.4, 0.5) is 9.18 Å². The van der Waals surface area contributed by atoms with Crippen molar-refractivity contribution in [3.05, 3.63) is 70.0 Å². The molecule has 1 aliphatic rings. The highest BCUT2D eigenvalue weighted by molar-refractivity contribution is 6.31. The van der Waals surface area contributed by atoms with E-state index in [2.05, 4.69) is 5.32 Å². The number of halogens is 2. The highest BCUT2D eigenvalue weighted by atomic mass is 35.5. The van der Waals surface area contributed by atoms with Gasteiger partial charge in [0.15, 0.2) is 0 Å². The molecule has 0 radical (unpaired) electrons. The largest absolute Gasteiger partial charge is 0.478 e. The maximum absolute atomic E-state index is 13.8. The lowest BCUT2D eigenvalue weighted by molar-refractivity contribution is 0.0696. The summed E-state index contributed by atoms with van der Waals surface area (Å²) in [4.78, 5) is 24.6. The fourth-order valence-corrected chi connectivity index (χ4v) is 3.18. The third-order valence-electron chi connectivity index (χ3n) is 4.44. The molecule has 2 aromatic carbocycles. The number of amides is 2. The Morgan fingerprint density at radius 3 is 2.50 bits per heavy atom. The van der Waals surface area contributed by atoms with E-state index >= 15 is 0 Å². The molecular weight excluding hydrogens is 359 g/mol. The Kier molecular flexibility index (Phi) is 5.42. The first-order chi connectivity index (χ1) is 12.4. The van der Waals surface area contributed by atoms with Crippen molar-refractivity contribution < 1.29 is 19.1 Å². The number of urea groups is 1. The van der Waals surface area contributed by atoms with E-state index in [9.17, 15) is 14.0 Å². The van der Waals surface area contributed by atoms with Crippen LogP contribution in [0.15, 0.2) is 42.5 Å². The second kappa shape index (κ2) is 7.74. The molecule has 0 spiro atoms. The standard InChI is InChI=1S/C19H18ClFN2O3/c20-16-2-1-3-17(21)15(16)8-13-10-23(11-13)19(26)22-9-12-4-6-14(7-5-12)18(24)25/h1-7,13H,8-11H2,(H,22,26)(H,24,25). The molecule has 0 bridgehead atoms. The highest BCUT2D eigenvalue weighted by Gasteiger charge is 2.31. The molecule has 0 unspecified atom stereocenters. The van der Waals surface area contributed by atoms with Crippen molar-refractivity contribution in [1.29, 1.82) is 0 Å². The molecule has 1 heterocycles. The third kappa shape index (κ3) is 4.14. The number of likely N-dealkylation sites (tertiary alicyclic amines) is 1. The molecule has 0 atom stereocenters. The molecule has 136 valence electrons. The van der Waals surface area contributed by atoms with Gasteiger partial charge in [-0.15, -0.1) is 0 Å². The molecular formula is C19H18ClFN2O3. The van der Waals surface area contributed by atoms with Crippen LogP contribution in [0.5, 0.6) is 0 Å². The third-order valence-corrected chi connectivity index (χ3v) is 4.80. The number of carbonyl (C=O) groups excluding carboxylic acids is 1. The average molecular weight is 377 g/mol. The molecule has 7 heteroatoms. The van der Waals surface area contributed by atoms with Crippen LogP contribution in [0, 0.1) is 11.7 Å². The number of benzene rings is 2. The van der Waals surface area contributed by atoms with Gasteiger partial charge in [0.05, 0.1) is 5.56 Å². The zero-order valence-electron chi connectivity index (χ0n) is 13.9. The minimum Gasteiger partial charge on any atom is -0.478 e. The Balaban J connectivity index is 1.45. The SMILES string of the molecule is O=C(O)c1ccc(CNC(=O)N2CC(Cc3c(F)cccc3Cl)C2)cc1. The summed E-state index contributed by atoms with van der Waals surface area (Å²) < 4.78 is 13.8.